The molecule has 5 heteroatoms. The maximum atomic E-state index is 12.2. The number of carbonyl (C=O) groups is 2. The normalized spacial score (nSPS) is 11.3. The molecule has 116 valence electrons. The van der Waals surface area contributed by atoms with Crippen LogP contribution < -0.4 is 10.6 Å². The fourth-order valence-electron chi connectivity index (χ4n) is 1.70. The maximum Gasteiger partial charge on any atom is 0.235 e. The van der Waals surface area contributed by atoms with Crippen molar-refractivity contribution in [3.05, 3.63) is 30.1 Å². The van der Waals surface area contributed by atoms with Gasteiger partial charge in [0.25, 0.3) is 0 Å². The summed E-state index contributed by atoms with van der Waals surface area (Å²) in [7, 11) is 0. The van der Waals surface area contributed by atoms with Crippen LogP contribution in [0.2, 0.25) is 0 Å². The van der Waals surface area contributed by atoms with Gasteiger partial charge in [-0.2, -0.15) is 0 Å². The summed E-state index contributed by atoms with van der Waals surface area (Å²) in [5.41, 5.74) is -0.180. The van der Waals surface area contributed by atoms with Crippen molar-refractivity contribution in [3.8, 4) is 0 Å². The van der Waals surface area contributed by atoms with Gasteiger partial charge in [-0.25, -0.2) is 0 Å². The minimum Gasteiger partial charge on any atom is -0.355 e. The molecule has 0 spiro atoms. The number of hydrogen-bond donors (Lipinski definition) is 2. The predicted octanol–water partition coefficient (Wildman–Crippen LogP) is 1.89. The first-order valence-corrected chi connectivity index (χ1v) is 7.29. The van der Waals surface area contributed by atoms with Gasteiger partial charge in [0, 0.05) is 25.5 Å². The summed E-state index contributed by atoms with van der Waals surface area (Å²) in [5, 5.41) is 5.60. The second kappa shape index (κ2) is 7.76. The first-order valence-electron chi connectivity index (χ1n) is 7.29. The van der Waals surface area contributed by atoms with E-state index in [-0.39, 0.29) is 11.8 Å². The molecule has 0 radical (unpaired) electrons. The molecule has 0 aromatic carbocycles. The summed E-state index contributed by atoms with van der Waals surface area (Å²) in [6.07, 6.45) is 4.27. The topological polar surface area (TPSA) is 71.1 Å². The van der Waals surface area contributed by atoms with Crippen molar-refractivity contribution >= 4 is 11.8 Å². The monoisotopic (exact) mass is 291 g/mol. The Bertz CT molecular complexity index is 470. The second-order valence-corrected chi connectivity index (χ2v) is 6.11. The first-order chi connectivity index (χ1) is 9.84. The minimum atomic E-state index is -1.08. The molecule has 0 aliphatic heterocycles. The molecule has 21 heavy (non-hydrogen) atoms. The summed E-state index contributed by atoms with van der Waals surface area (Å²) in [5.74, 6) is -0.00643. The molecule has 0 saturated heterocycles. The van der Waals surface area contributed by atoms with E-state index in [9.17, 15) is 9.59 Å². The summed E-state index contributed by atoms with van der Waals surface area (Å²) < 4.78 is 0. The molecule has 0 atom stereocenters. The van der Waals surface area contributed by atoms with Gasteiger partial charge in [0.05, 0.1) is 0 Å². The van der Waals surface area contributed by atoms with Crippen LogP contribution in [-0.4, -0.2) is 23.3 Å². The number of carbonyl (C=O) groups excluding carboxylic acids is 2. The van der Waals surface area contributed by atoms with Gasteiger partial charge < -0.3 is 10.6 Å². The molecule has 0 aliphatic rings. The smallest absolute Gasteiger partial charge is 0.235 e. The molecule has 5 nitrogen and oxygen atoms in total. The van der Waals surface area contributed by atoms with Crippen LogP contribution in [0.25, 0.3) is 0 Å². The van der Waals surface area contributed by atoms with Crippen LogP contribution in [0, 0.1) is 11.3 Å². The molecule has 0 fully saturated rings. The van der Waals surface area contributed by atoms with Gasteiger partial charge >= 0.3 is 0 Å². The lowest BCUT2D eigenvalue weighted by molar-refractivity contribution is -0.141. The average molecular weight is 291 g/mol. The summed E-state index contributed by atoms with van der Waals surface area (Å²) in [4.78, 5) is 28.3. The highest BCUT2D eigenvalue weighted by Gasteiger charge is 2.35. The number of nitrogens with zero attached hydrogens (tertiary/aromatic N) is 1. The van der Waals surface area contributed by atoms with Crippen LogP contribution in [0.15, 0.2) is 24.5 Å². The molecule has 0 unspecified atom stereocenters. The van der Waals surface area contributed by atoms with E-state index in [1.54, 1.807) is 26.2 Å². The lowest BCUT2D eigenvalue weighted by Gasteiger charge is -2.23. The molecular weight excluding hydrogens is 266 g/mol. The van der Waals surface area contributed by atoms with Gasteiger partial charge in [-0.15, -0.1) is 0 Å². The van der Waals surface area contributed by atoms with E-state index >= 15 is 0 Å². The Kier molecular flexibility index (Phi) is 6.34. The van der Waals surface area contributed by atoms with E-state index in [1.807, 2.05) is 12.1 Å². The molecule has 2 N–H and O–H groups in total. The Morgan fingerprint density at radius 2 is 1.90 bits per heavy atom. The highest BCUT2D eigenvalue weighted by molar-refractivity contribution is 6.04. The lowest BCUT2D eigenvalue weighted by atomic mass is 9.91. The highest BCUT2D eigenvalue weighted by atomic mass is 16.2. The summed E-state index contributed by atoms with van der Waals surface area (Å²) >= 11 is 0. The van der Waals surface area contributed by atoms with Crippen molar-refractivity contribution < 1.29 is 9.59 Å². The van der Waals surface area contributed by atoms with Crippen LogP contribution in [0.1, 0.15) is 39.7 Å². The summed E-state index contributed by atoms with van der Waals surface area (Å²) in [6.45, 7) is 8.42. The third kappa shape index (κ3) is 5.53. The van der Waals surface area contributed by atoms with Crippen LogP contribution in [0.3, 0.4) is 0 Å². The Morgan fingerprint density at radius 3 is 2.48 bits per heavy atom. The number of hydrogen-bond acceptors (Lipinski definition) is 3. The van der Waals surface area contributed by atoms with Gasteiger partial charge in [0.15, 0.2) is 0 Å². The van der Waals surface area contributed by atoms with Gasteiger partial charge in [-0.3, -0.25) is 14.6 Å². The number of rotatable bonds is 7. The van der Waals surface area contributed by atoms with Crippen LogP contribution in [0.4, 0.5) is 0 Å². The van der Waals surface area contributed by atoms with Crippen LogP contribution in [-0.2, 0) is 16.1 Å². The Balaban J connectivity index is 2.48. The standard InChI is InChI=1S/C16H25N3O2/c1-12(2)7-9-18-14(20)16(3,4)15(21)19-11-13-6-5-8-17-10-13/h5-6,8,10,12H,7,9,11H2,1-4H3,(H,18,20)(H,19,21). The second-order valence-electron chi connectivity index (χ2n) is 6.11. The van der Waals surface area contributed by atoms with E-state index < -0.39 is 5.41 Å². The molecular formula is C16H25N3O2. The van der Waals surface area contributed by atoms with E-state index in [0.717, 1.165) is 12.0 Å². The van der Waals surface area contributed by atoms with E-state index in [0.29, 0.717) is 19.0 Å². The van der Waals surface area contributed by atoms with Crippen molar-refractivity contribution in [3.63, 3.8) is 0 Å². The molecule has 1 rings (SSSR count). The number of aromatic nitrogens is 1. The van der Waals surface area contributed by atoms with Gasteiger partial charge in [-0.1, -0.05) is 19.9 Å². The van der Waals surface area contributed by atoms with Crippen molar-refractivity contribution in [1.29, 1.82) is 0 Å². The minimum absolute atomic E-state index is 0.244. The quantitative estimate of drug-likeness (QED) is 0.754. The van der Waals surface area contributed by atoms with Crippen LogP contribution >= 0.6 is 0 Å². The zero-order chi connectivity index (χ0) is 15.9. The van der Waals surface area contributed by atoms with Gasteiger partial charge in [0.1, 0.15) is 5.41 Å². The third-order valence-electron chi connectivity index (χ3n) is 3.32. The van der Waals surface area contributed by atoms with E-state index in [4.69, 9.17) is 0 Å². The van der Waals surface area contributed by atoms with Gasteiger partial charge in [-0.05, 0) is 37.8 Å². The van der Waals surface area contributed by atoms with Crippen molar-refractivity contribution in [2.24, 2.45) is 11.3 Å². The van der Waals surface area contributed by atoms with E-state index in [2.05, 4.69) is 29.5 Å². The number of nitrogens with one attached hydrogen (secondary N) is 2. The first kappa shape index (κ1) is 17.1. The third-order valence-corrected chi connectivity index (χ3v) is 3.32. The largest absolute Gasteiger partial charge is 0.355 e. The van der Waals surface area contributed by atoms with Crippen molar-refractivity contribution in [2.45, 2.75) is 40.7 Å². The Hall–Kier alpha value is -1.91. The summed E-state index contributed by atoms with van der Waals surface area (Å²) in [6, 6.07) is 3.69. The van der Waals surface area contributed by atoms with Crippen molar-refractivity contribution in [1.82, 2.24) is 15.6 Å². The Morgan fingerprint density at radius 1 is 1.24 bits per heavy atom. The fraction of sp³-hybridized carbons (Fsp3) is 0.562. The molecule has 1 heterocycles. The molecule has 0 bridgehead atoms. The molecule has 0 aliphatic carbocycles. The average Bonchev–Trinajstić information content (AvgIpc) is 2.45. The van der Waals surface area contributed by atoms with Crippen LogP contribution in [0.5, 0.6) is 0 Å². The molecule has 1 aromatic heterocycles. The number of amides is 2. The fourth-order valence-corrected chi connectivity index (χ4v) is 1.70. The zero-order valence-electron chi connectivity index (χ0n) is 13.3. The maximum absolute atomic E-state index is 12.2. The lowest BCUT2D eigenvalue weighted by Crippen LogP contribution is -2.48. The molecule has 1 aromatic rings. The number of pyridine rings is 1. The molecule has 0 saturated carbocycles. The Labute approximate surface area is 126 Å². The van der Waals surface area contributed by atoms with E-state index in [1.165, 1.54) is 0 Å². The predicted molar refractivity (Wildman–Crippen MR) is 82.3 cm³/mol. The SMILES string of the molecule is CC(C)CCNC(=O)C(C)(C)C(=O)NCc1cccnc1. The zero-order valence-corrected chi connectivity index (χ0v) is 13.3. The van der Waals surface area contributed by atoms with Crippen molar-refractivity contribution in [2.75, 3.05) is 6.54 Å². The van der Waals surface area contributed by atoms with Gasteiger partial charge in [0.2, 0.25) is 11.8 Å². The highest BCUT2D eigenvalue weighted by Crippen LogP contribution is 2.16. The molecule has 2 amide bonds.